The Morgan fingerprint density at radius 2 is 2.43 bits per heavy atom. The molecule has 0 aromatic carbocycles. The predicted octanol–water partition coefficient (Wildman–Crippen LogP) is 3.59. The number of carbonyl (C=O) groups excluding carboxylic acids is 1. The van der Waals surface area contributed by atoms with Crippen molar-refractivity contribution >= 4 is 17.2 Å². The van der Waals surface area contributed by atoms with Crippen LogP contribution >= 0.6 is 11.3 Å². The van der Waals surface area contributed by atoms with Crippen molar-refractivity contribution in [1.29, 1.82) is 0 Å². The first-order valence-electron chi connectivity index (χ1n) is 8.31. The Kier molecular flexibility index (Phi) is 5.10. The van der Waals surface area contributed by atoms with Gasteiger partial charge in [0, 0.05) is 23.9 Å². The average Bonchev–Trinajstić information content (AvgIpc) is 3.26. The number of likely N-dealkylation sites (tertiary alicyclic amines) is 1. The first kappa shape index (κ1) is 16.2. The molecule has 5 nitrogen and oxygen atoms in total. The summed E-state index contributed by atoms with van der Waals surface area (Å²) in [5.74, 6) is 2.14. The molecule has 2 atom stereocenters. The molecule has 0 bridgehead atoms. The van der Waals surface area contributed by atoms with Gasteiger partial charge < -0.3 is 9.42 Å². The monoisotopic (exact) mass is 333 g/mol. The van der Waals surface area contributed by atoms with Crippen molar-refractivity contribution in [2.24, 2.45) is 0 Å². The van der Waals surface area contributed by atoms with Crippen LogP contribution in [0.2, 0.25) is 0 Å². The lowest BCUT2D eigenvalue weighted by molar-refractivity contribution is -0.131. The summed E-state index contributed by atoms with van der Waals surface area (Å²) in [6.07, 6.45) is 3.48. The van der Waals surface area contributed by atoms with E-state index in [9.17, 15) is 4.79 Å². The normalized spacial score (nSPS) is 19.7. The summed E-state index contributed by atoms with van der Waals surface area (Å²) < 4.78 is 5.46. The molecule has 0 N–H and O–H groups in total. The van der Waals surface area contributed by atoms with E-state index in [0.717, 1.165) is 36.5 Å². The summed E-state index contributed by atoms with van der Waals surface area (Å²) >= 11 is 1.63. The minimum atomic E-state index is 0.168. The molecule has 0 aliphatic carbocycles. The Morgan fingerprint density at radius 3 is 3.17 bits per heavy atom. The van der Waals surface area contributed by atoms with Crippen molar-refractivity contribution in [2.75, 3.05) is 13.1 Å². The molecule has 1 aliphatic rings. The zero-order valence-electron chi connectivity index (χ0n) is 13.7. The number of hydrogen-bond acceptors (Lipinski definition) is 5. The van der Waals surface area contributed by atoms with Gasteiger partial charge in [-0.3, -0.25) is 4.79 Å². The summed E-state index contributed by atoms with van der Waals surface area (Å²) in [4.78, 5) is 20.1. The maximum absolute atomic E-state index is 12.5. The van der Waals surface area contributed by atoms with Gasteiger partial charge in [-0.15, -0.1) is 11.3 Å². The highest BCUT2D eigenvalue weighted by Crippen LogP contribution is 2.27. The molecule has 0 spiro atoms. The van der Waals surface area contributed by atoms with Crippen LogP contribution in [0.5, 0.6) is 0 Å². The molecule has 3 heterocycles. The lowest BCUT2D eigenvalue weighted by Crippen LogP contribution is -2.39. The molecule has 1 aliphatic heterocycles. The molecular weight excluding hydrogens is 310 g/mol. The van der Waals surface area contributed by atoms with E-state index in [2.05, 4.69) is 24.0 Å². The lowest BCUT2D eigenvalue weighted by atomic mass is 9.97. The highest BCUT2D eigenvalue weighted by atomic mass is 32.1. The second kappa shape index (κ2) is 7.25. The van der Waals surface area contributed by atoms with Crippen LogP contribution in [0.4, 0.5) is 0 Å². The van der Waals surface area contributed by atoms with Crippen molar-refractivity contribution in [3.05, 3.63) is 34.1 Å². The summed E-state index contributed by atoms with van der Waals surface area (Å²) in [6.45, 7) is 5.73. The Hall–Kier alpha value is -1.69. The molecule has 6 heteroatoms. The van der Waals surface area contributed by atoms with Gasteiger partial charge in [-0.25, -0.2) is 0 Å². The minimum Gasteiger partial charge on any atom is -0.342 e. The fourth-order valence-corrected chi connectivity index (χ4v) is 3.57. The van der Waals surface area contributed by atoms with Crippen LogP contribution in [0.3, 0.4) is 0 Å². The van der Waals surface area contributed by atoms with E-state index in [1.165, 1.54) is 0 Å². The second-order valence-electron chi connectivity index (χ2n) is 6.24. The largest absolute Gasteiger partial charge is 0.342 e. The maximum atomic E-state index is 12.5. The number of hydrogen-bond donors (Lipinski definition) is 0. The van der Waals surface area contributed by atoms with E-state index >= 15 is 0 Å². The second-order valence-corrected chi connectivity index (χ2v) is 7.27. The molecule has 23 heavy (non-hydrogen) atoms. The number of carbonyl (C=O) groups is 1. The van der Waals surface area contributed by atoms with Gasteiger partial charge in [0.05, 0.1) is 12.3 Å². The van der Waals surface area contributed by atoms with Crippen LogP contribution in [0.25, 0.3) is 0 Å². The molecule has 0 radical (unpaired) electrons. The van der Waals surface area contributed by atoms with E-state index < -0.39 is 0 Å². The van der Waals surface area contributed by atoms with Crippen molar-refractivity contribution in [3.63, 3.8) is 0 Å². The van der Waals surface area contributed by atoms with Crippen LogP contribution in [0, 0.1) is 0 Å². The number of amides is 1. The molecule has 0 saturated carbocycles. The Morgan fingerprint density at radius 1 is 1.57 bits per heavy atom. The highest BCUT2D eigenvalue weighted by Gasteiger charge is 2.29. The van der Waals surface area contributed by atoms with Crippen molar-refractivity contribution in [1.82, 2.24) is 15.0 Å². The average molecular weight is 333 g/mol. The number of piperidine rings is 1. The van der Waals surface area contributed by atoms with Crippen LogP contribution < -0.4 is 0 Å². The van der Waals surface area contributed by atoms with E-state index in [4.69, 9.17) is 4.52 Å². The number of thiophene rings is 1. The van der Waals surface area contributed by atoms with Crippen LogP contribution in [0.15, 0.2) is 22.0 Å². The maximum Gasteiger partial charge on any atom is 0.231 e. The third-order valence-corrected chi connectivity index (χ3v) is 5.42. The van der Waals surface area contributed by atoms with E-state index in [1.54, 1.807) is 11.3 Å². The van der Waals surface area contributed by atoms with Gasteiger partial charge in [-0.2, -0.15) is 4.98 Å². The van der Waals surface area contributed by atoms with Crippen molar-refractivity contribution in [2.45, 2.75) is 51.4 Å². The number of rotatable bonds is 5. The molecule has 1 fully saturated rings. The highest BCUT2D eigenvalue weighted by molar-refractivity contribution is 7.10. The fourth-order valence-electron chi connectivity index (χ4n) is 2.88. The van der Waals surface area contributed by atoms with E-state index in [0.29, 0.717) is 24.8 Å². The molecule has 1 amide bonds. The quantitative estimate of drug-likeness (QED) is 0.839. The molecule has 2 aromatic heterocycles. The predicted molar refractivity (Wildman–Crippen MR) is 89.6 cm³/mol. The molecule has 124 valence electrons. The minimum absolute atomic E-state index is 0.168. The van der Waals surface area contributed by atoms with Crippen molar-refractivity contribution in [3.8, 4) is 0 Å². The summed E-state index contributed by atoms with van der Waals surface area (Å²) in [6, 6.07) is 4.00. The lowest BCUT2D eigenvalue weighted by Gasteiger charge is -2.31. The van der Waals surface area contributed by atoms with Gasteiger partial charge in [0.2, 0.25) is 11.8 Å². The van der Waals surface area contributed by atoms with Gasteiger partial charge in [0.1, 0.15) is 0 Å². The Bertz CT molecular complexity index is 638. The van der Waals surface area contributed by atoms with E-state index in [-0.39, 0.29) is 11.8 Å². The van der Waals surface area contributed by atoms with Crippen LogP contribution in [-0.4, -0.2) is 34.0 Å². The summed E-state index contributed by atoms with van der Waals surface area (Å²) in [7, 11) is 0. The molecule has 1 saturated heterocycles. The standard InChI is InChI=1S/C17H23N3O2S/c1-3-12(2)16-18-17(22-19-16)13-6-4-8-20(11-13)15(21)10-14-7-5-9-23-14/h5,7,9,12-13H,3-4,6,8,10-11H2,1-2H3/t12-,13+/m0/s1. The molecule has 3 rings (SSSR count). The van der Waals surface area contributed by atoms with Gasteiger partial charge in [0.25, 0.3) is 0 Å². The number of nitrogens with zero attached hydrogens (tertiary/aromatic N) is 3. The van der Waals surface area contributed by atoms with Crippen LogP contribution in [-0.2, 0) is 11.2 Å². The fraction of sp³-hybridized carbons (Fsp3) is 0.588. The van der Waals surface area contributed by atoms with Gasteiger partial charge in [-0.05, 0) is 30.7 Å². The third kappa shape index (κ3) is 3.80. The Balaban J connectivity index is 1.63. The van der Waals surface area contributed by atoms with Gasteiger partial charge >= 0.3 is 0 Å². The summed E-state index contributed by atoms with van der Waals surface area (Å²) in [5, 5.41) is 6.12. The first-order valence-corrected chi connectivity index (χ1v) is 9.19. The molecule has 2 aromatic rings. The summed E-state index contributed by atoms with van der Waals surface area (Å²) in [5.41, 5.74) is 0. The SMILES string of the molecule is CC[C@H](C)c1noc([C@@H]2CCCN(C(=O)Cc3cccs3)C2)n1. The number of aromatic nitrogens is 2. The molecular formula is C17H23N3O2S. The smallest absolute Gasteiger partial charge is 0.231 e. The third-order valence-electron chi connectivity index (χ3n) is 4.54. The topological polar surface area (TPSA) is 59.2 Å². The van der Waals surface area contributed by atoms with Gasteiger partial charge in [0.15, 0.2) is 5.82 Å². The first-order chi connectivity index (χ1) is 11.2. The molecule has 0 unspecified atom stereocenters. The van der Waals surface area contributed by atoms with Crippen molar-refractivity contribution < 1.29 is 9.32 Å². The zero-order chi connectivity index (χ0) is 16.2. The zero-order valence-corrected chi connectivity index (χ0v) is 14.5. The Labute approximate surface area is 140 Å². The van der Waals surface area contributed by atoms with Crippen LogP contribution in [0.1, 0.15) is 61.5 Å². The van der Waals surface area contributed by atoms with E-state index in [1.807, 2.05) is 22.4 Å². The van der Waals surface area contributed by atoms with Gasteiger partial charge in [-0.1, -0.05) is 25.1 Å².